The van der Waals surface area contributed by atoms with E-state index < -0.39 is 11.5 Å². The van der Waals surface area contributed by atoms with E-state index in [1.54, 1.807) is 24.4 Å². The van der Waals surface area contributed by atoms with E-state index in [1.165, 1.54) is 17.7 Å². The van der Waals surface area contributed by atoms with E-state index in [9.17, 15) is 20.4 Å². The quantitative estimate of drug-likeness (QED) is 0.451. The maximum absolute atomic E-state index is 11.2. The molecule has 3 N–H and O–H groups in total. The first kappa shape index (κ1) is 22.5. The number of hydroxylamine groups is 1. The number of fused-ring (bicyclic) bond motifs is 1. The summed E-state index contributed by atoms with van der Waals surface area (Å²) in [7, 11) is 0. The van der Waals surface area contributed by atoms with Gasteiger partial charge in [-0.2, -0.15) is 5.26 Å². The zero-order chi connectivity index (χ0) is 23.6. The summed E-state index contributed by atoms with van der Waals surface area (Å²) < 4.78 is 6.58. The number of pyridine rings is 1. The van der Waals surface area contributed by atoms with Crippen molar-refractivity contribution < 1.29 is 19.8 Å². The molecule has 0 fully saturated rings. The summed E-state index contributed by atoms with van der Waals surface area (Å²) in [6.45, 7) is 3.85. The van der Waals surface area contributed by atoms with Gasteiger partial charge < -0.3 is 15.1 Å². The number of nitriles is 1. The molecule has 0 saturated carbocycles. The summed E-state index contributed by atoms with van der Waals surface area (Å²) in [5.74, 6) is -0.577. The molecule has 2 atom stereocenters. The maximum Gasteiger partial charge on any atom is 0.335 e. The molecule has 7 nitrogen and oxygen atoms in total. The fourth-order valence-electron chi connectivity index (χ4n) is 4.47. The lowest BCUT2D eigenvalue weighted by molar-refractivity contribution is 0.0464. The van der Waals surface area contributed by atoms with Crippen molar-refractivity contribution in [3.8, 4) is 22.9 Å². The summed E-state index contributed by atoms with van der Waals surface area (Å²) in [5.41, 5.74) is 5.84. The van der Waals surface area contributed by atoms with Gasteiger partial charge >= 0.3 is 5.97 Å². The molecule has 1 aliphatic carbocycles. The first-order chi connectivity index (χ1) is 15.8. The number of hydrogen-bond donors (Lipinski definition) is 3. The fraction of sp³-hybridized carbons (Fsp3) is 0.269. The molecule has 0 amide bonds. The predicted octanol–water partition coefficient (Wildman–Crippen LogP) is 4.76. The van der Waals surface area contributed by atoms with Crippen LogP contribution in [0.1, 0.15) is 53.6 Å². The first-order valence-corrected chi connectivity index (χ1v) is 10.7. The zero-order valence-electron chi connectivity index (χ0n) is 18.4. The lowest BCUT2D eigenvalue weighted by Crippen LogP contribution is -2.39. The number of benzene rings is 2. The lowest BCUT2D eigenvalue weighted by atomic mass is 9.88. The summed E-state index contributed by atoms with van der Waals surface area (Å²) in [6.07, 6.45) is 2.65. The van der Waals surface area contributed by atoms with Crippen molar-refractivity contribution in [3.63, 3.8) is 0 Å². The number of nitrogens with one attached hydrogen (secondary N) is 1. The van der Waals surface area contributed by atoms with E-state index in [4.69, 9.17) is 4.74 Å². The van der Waals surface area contributed by atoms with Crippen LogP contribution in [0.3, 0.4) is 0 Å². The molecule has 0 radical (unpaired) electrons. The highest BCUT2D eigenvalue weighted by atomic mass is 16.5. The number of carbonyl (C=O) groups is 1. The average molecular weight is 444 g/mol. The predicted molar refractivity (Wildman–Crippen MR) is 122 cm³/mol. The van der Waals surface area contributed by atoms with Crippen LogP contribution in [0.2, 0.25) is 0 Å². The Morgan fingerprint density at radius 3 is 2.61 bits per heavy atom. The van der Waals surface area contributed by atoms with Gasteiger partial charge in [0.15, 0.2) is 11.4 Å². The number of carboxylic acids is 1. The third-order valence-electron chi connectivity index (χ3n) is 6.05. The van der Waals surface area contributed by atoms with E-state index in [0.717, 1.165) is 17.5 Å². The Kier molecular flexibility index (Phi) is 6.14. The highest BCUT2D eigenvalue weighted by molar-refractivity contribution is 5.88. The van der Waals surface area contributed by atoms with Crippen LogP contribution in [-0.2, 0) is 6.42 Å². The van der Waals surface area contributed by atoms with E-state index >= 15 is 0 Å². The molecule has 33 heavy (non-hydrogen) atoms. The van der Waals surface area contributed by atoms with Crippen LogP contribution in [-0.4, -0.2) is 26.8 Å². The van der Waals surface area contributed by atoms with Crippen LogP contribution in [0.15, 0.2) is 60.8 Å². The maximum atomic E-state index is 11.2. The second-order valence-electron chi connectivity index (χ2n) is 8.93. The SMILES string of the molecule is CC(C)(C[C@H]1Cc2ccccc2C1Oc1c(-c2ccc(C(=O)O)cc2)ccnc1C#N)NO. The van der Waals surface area contributed by atoms with E-state index in [2.05, 4.69) is 22.6 Å². The highest BCUT2D eigenvalue weighted by Crippen LogP contribution is 2.45. The molecule has 0 spiro atoms. The van der Waals surface area contributed by atoms with Gasteiger partial charge in [-0.05, 0) is 61.6 Å². The van der Waals surface area contributed by atoms with Gasteiger partial charge in [-0.3, -0.25) is 0 Å². The van der Waals surface area contributed by atoms with E-state index in [-0.39, 0.29) is 23.3 Å². The van der Waals surface area contributed by atoms with Gasteiger partial charge in [-0.1, -0.05) is 36.4 Å². The molecule has 0 saturated heterocycles. The number of rotatable bonds is 7. The van der Waals surface area contributed by atoms with Crippen molar-refractivity contribution in [1.29, 1.82) is 5.26 Å². The molecule has 3 aromatic rings. The minimum atomic E-state index is -1.00. The topological polar surface area (TPSA) is 115 Å². The van der Waals surface area contributed by atoms with Crippen LogP contribution in [0.25, 0.3) is 11.1 Å². The van der Waals surface area contributed by atoms with Gasteiger partial charge in [0.1, 0.15) is 12.2 Å². The molecule has 1 heterocycles. The molecule has 0 bridgehead atoms. The van der Waals surface area contributed by atoms with Gasteiger partial charge in [0.05, 0.1) is 5.56 Å². The number of nitrogens with zero attached hydrogens (tertiary/aromatic N) is 2. The number of hydrogen-bond acceptors (Lipinski definition) is 6. The Bertz CT molecular complexity index is 1210. The minimum Gasteiger partial charge on any atom is -0.482 e. The summed E-state index contributed by atoms with van der Waals surface area (Å²) in [5, 5.41) is 28.6. The molecule has 1 aliphatic rings. The smallest absolute Gasteiger partial charge is 0.335 e. The van der Waals surface area contributed by atoms with Gasteiger partial charge in [0, 0.05) is 23.2 Å². The van der Waals surface area contributed by atoms with Crippen molar-refractivity contribution in [2.45, 2.75) is 38.3 Å². The second kappa shape index (κ2) is 9.02. The Hall–Kier alpha value is -3.73. The Balaban J connectivity index is 1.76. The third-order valence-corrected chi connectivity index (χ3v) is 6.05. The van der Waals surface area contributed by atoms with Gasteiger partial charge in [-0.25, -0.2) is 15.3 Å². The molecule has 2 aromatic carbocycles. The zero-order valence-corrected chi connectivity index (χ0v) is 18.4. The molecule has 7 heteroatoms. The van der Waals surface area contributed by atoms with Crippen molar-refractivity contribution in [1.82, 2.24) is 10.5 Å². The molecular weight excluding hydrogens is 418 g/mol. The third kappa shape index (κ3) is 4.58. The van der Waals surface area contributed by atoms with Crippen LogP contribution in [0, 0.1) is 17.2 Å². The lowest BCUT2D eigenvalue weighted by Gasteiger charge is -2.30. The van der Waals surface area contributed by atoms with Crippen molar-refractivity contribution >= 4 is 5.97 Å². The van der Waals surface area contributed by atoms with E-state index in [0.29, 0.717) is 17.7 Å². The van der Waals surface area contributed by atoms with Crippen molar-refractivity contribution in [2.24, 2.45) is 5.92 Å². The second-order valence-corrected chi connectivity index (χ2v) is 8.93. The fourth-order valence-corrected chi connectivity index (χ4v) is 4.47. The number of aromatic nitrogens is 1. The first-order valence-electron chi connectivity index (χ1n) is 10.7. The number of aromatic carboxylic acids is 1. The molecule has 0 aliphatic heterocycles. The summed E-state index contributed by atoms with van der Waals surface area (Å²) in [6, 6.07) is 18.4. The van der Waals surface area contributed by atoms with Crippen LogP contribution < -0.4 is 10.2 Å². The summed E-state index contributed by atoms with van der Waals surface area (Å²) in [4.78, 5) is 15.4. The molecule has 168 valence electrons. The van der Waals surface area contributed by atoms with Gasteiger partial charge in [0.2, 0.25) is 0 Å². The number of carboxylic acid groups (broad SMARTS) is 1. The monoisotopic (exact) mass is 443 g/mol. The standard InChI is InChI=1S/C26H25N3O4/c1-26(2,29-32)14-19-13-18-5-3-4-6-20(18)23(19)33-24-21(11-12-28-22(24)15-27)16-7-9-17(10-8-16)25(30)31/h3-12,19,23,29,32H,13-14H2,1-2H3,(H,30,31)/t19-,23?/m1/s1. The Morgan fingerprint density at radius 1 is 1.21 bits per heavy atom. The molecular formula is C26H25N3O4. The summed E-state index contributed by atoms with van der Waals surface area (Å²) >= 11 is 0. The van der Waals surface area contributed by atoms with Gasteiger partial charge in [0.25, 0.3) is 0 Å². The number of ether oxygens (including phenoxy) is 1. The highest BCUT2D eigenvalue weighted by Gasteiger charge is 2.38. The molecule has 1 aromatic heterocycles. The molecule has 1 unspecified atom stereocenters. The molecule has 4 rings (SSSR count). The van der Waals surface area contributed by atoms with Crippen LogP contribution in [0.4, 0.5) is 0 Å². The minimum absolute atomic E-state index is 0.0611. The Morgan fingerprint density at radius 2 is 1.94 bits per heavy atom. The van der Waals surface area contributed by atoms with Crippen molar-refractivity contribution in [3.05, 3.63) is 83.2 Å². The average Bonchev–Trinajstić information content (AvgIpc) is 3.15. The normalized spacial score (nSPS) is 17.3. The Labute approximate surface area is 192 Å². The van der Waals surface area contributed by atoms with Gasteiger partial charge in [-0.15, -0.1) is 0 Å². The van der Waals surface area contributed by atoms with E-state index in [1.807, 2.05) is 32.0 Å². The van der Waals surface area contributed by atoms with Crippen LogP contribution in [0.5, 0.6) is 5.75 Å². The van der Waals surface area contributed by atoms with Crippen LogP contribution >= 0.6 is 0 Å². The largest absolute Gasteiger partial charge is 0.482 e. The van der Waals surface area contributed by atoms with Crippen molar-refractivity contribution in [2.75, 3.05) is 0 Å².